The largest absolute Gasteiger partial charge is 0.367 e. The van der Waals surface area contributed by atoms with Gasteiger partial charge in [-0.3, -0.25) is 0 Å². The van der Waals surface area contributed by atoms with Crippen LogP contribution in [0.15, 0.2) is 6.07 Å². The van der Waals surface area contributed by atoms with Gasteiger partial charge in [-0.05, 0) is 12.8 Å². The summed E-state index contributed by atoms with van der Waals surface area (Å²) in [5, 5.41) is 0. The lowest BCUT2D eigenvalue weighted by Crippen LogP contribution is -2.21. The van der Waals surface area contributed by atoms with E-state index in [1.165, 1.54) is 4.90 Å². The first kappa shape index (κ1) is 10.3. The van der Waals surface area contributed by atoms with Crippen LogP contribution >= 0.6 is 0 Å². The second kappa shape index (κ2) is 3.72. The Morgan fingerprint density at radius 2 is 1.47 bits per heavy atom. The third kappa shape index (κ3) is 1.66. The molecule has 0 N–H and O–H groups in total. The molecule has 0 unspecified atom stereocenters. The van der Waals surface area contributed by atoms with Crippen LogP contribution in [0.5, 0.6) is 0 Å². The zero-order valence-corrected chi connectivity index (χ0v) is 7.86. The Morgan fingerprint density at radius 1 is 0.867 bits per heavy atom. The first-order valence-electron chi connectivity index (χ1n) is 4.69. The van der Waals surface area contributed by atoms with Gasteiger partial charge in [0.25, 0.3) is 0 Å². The number of benzene rings is 1. The van der Waals surface area contributed by atoms with Gasteiger partial charge in [0.05, 0.1) is 0 Å². The number of rotatable bonds is 1. The highest BCUT2D eigenvalue weighted by atomic mass is 19.2. The predicted molar refractivity (Wildman–Crippen MR) is 47.7 cm³/mol. The Balaban J connectivity index is 2.50. The number of halogens is 4. The zero-order valence-electron chi connectivity index (χ0n) is 7.86. The van der Waals surface area contributed by atoms with Gasteiger partial charge < -0.3 is 4.90 Å². The molecule has 1 heterocycles. The van der Waals surface area contributed by atoms with Crippen molar-refractivity contribution in [3.63, 3.8) is 0 Å². The van der Waals surface area contributed by atoms with Crippen LogP contribution in [0.4, 0.5) is 23.2 Å². The van der Waals surface area contributed by atoms with Gasteiger partial charge in [0.1, 0.15) is 5.69 Å². The summed E-state index contributed by atoms with van der Waals surface area (Å²) in [6.45, 7) is 0.942. The zero-order chi connectivity index (χ0) is 11.0. The Morgan fingerprint density at radius 3 is 2.07 bits per heavy atom. The van der Waals surface area contributed by atoms with Crippen molar-refractivity contribution in [1.82, 2.24) is 0 Å². The van der Waals surface area contributed by atoms with Crippen molar-refractivity contribution >= 4 is 5.69 Å². The maximum absolute atomic E-state index is 13.3. The summed E-state index contributed by atoms with van der Waals surface area (Å²) in [4.78, 5) is 1.40. The lowest BCUT2D eigenvalue weighted by molar-refractivity contribution is 0.434. The van der Waals surface area contributed by atoms with Crippen molar-refractivity contribution in [3.05, 3.63) is 29.3 Å². The fourth-order valence-corrected chi connectivity index (χ4v) is 1.79. The molecule has 0 aliphatic carbocycles. The molecule has 1 aromatic carbocycles. The van der Waals surface area contributed by atoms with Crippen molar-refractivity contribution in [1.29, 1.82) is 0 Å². The molecule has 82 valence electrons. The quantitative estimate of drug-likeness (QED) is 0.399. The lowest BCUT2D eigenvalue weighted by Gasteiger charge is -2.19. The third-order valence-electron chi connectivity index (χ3n) is 2.51. The normalized spacial score (nSPS) is 16.1. The van der Waals surface area contributed by atoms with Gasteiger partial charge in [0.2, 0.25) is 0 Å². The minimum atomic E-state index is -1.61. The van der Waals surface area contributed by atoms with Gasteiger partial charge in [-0.2, -0.15) is 0 Å². The smallest absolute Gasteiger partial charge is 0.196 e. The lowest BCUT2D eigenvalue weighted by atomic mass is 10.2. The molecule has 0 atom stereocenters. The highest BCUT2D eigenvalue weighted by Crippen LogP contribution is 2.29. The summed E-state index contributed by atoms with van der Waals surface area (Å²) in [6, 6.07) is 0.381. The van der Waals surface area contributed by atoms with E-state index in [0.29, 0.717) is 19.2 Å². The molecule has 2 rings (SSSR count). The number of anilines is 1. The van der Waals surface area contributed by atoms with Gasteiger partial charge in [-0.25, -0.2) is 17.6 Å². The van der Waals surface area contributed by atoms with Crippen molar-refractivity contribution in [2.75, 3.05) is 18.0 Å². The Bertz CT molecular complexity index is 385. The molecule has 0 radical (unpaired) electrons. The molecule has 0 aromatic heterocycles. The van der Waals surface area contributed by atoms with Crippen LogP contribution in [0.25, 0.3) is 0 Å². The summed E-state index contributed by atoms with van der Waals surface area (Å²) in [6.07, 6.45) is 1.61. The molecule has 1 aliphatic rings. The standard InChI is InChI=1S/C10H9F4N/c11-6-5-7(12)10(9(14)8(6)13)15-3-1-2-4-15/h5H,1-4H2. The van der Waals surface area contributed by atoms with E-state index in [2.05, 4.69) is 0 Å². The Hall–Kier alpha value is -1.26. The molecular weight excluding hydrogens is 210 g/mol. The van der Waals surface area contributed by atoms with E-state index in [0.717, 1.165) is 12.8 Å². The Kier molecular flexibility index (Phi) is 2.54. The topological polar surface area (TPSA) is 3.24 Å². The van der Waals surface area contributed by atoms with E-state index in [-0.39, 0.29) is 0 Å². The fraction of sp³-hybridized carbons (Fsp3) is 0.400. The van der Waals surface area contributed by atoms with E-state index in [4.69, 9.17) is 0 Å². The molecule has 5 heteroatoms. The highest BCUT2D eigenvalue weighted by molar-refractivity contribution is 5.50. The van der Waals surface area contributed by atoms with E-state index < -0.39 is 29.0 Å². The van der Waals surface area contributed by atoms with Gasteiger partial charge in [-0.15, -0.1) is 0 Å². The van der Waals surface area contributed by atoms with Crippen LogP contribution in [0.1, 0.15) is 12.8 Å². The summed E-state index contributed by atoms with van der Waals surface area (Å²) in [7, 11) is 0. The molecular formula is C10H9F4N. The molecule has 1 nitrogen and oxygen atoms in total. The summed E-state index contributed by atoms with van der Waals surface area (Å²) in [5.74, 6) is -5.59. The minimum Gasteiger partial charge on any atom is -0.367 e. The minimum absolute atomic E-state index is 0.381. The van der Waals surface area contributed by atoms with E-state index in [9.17, 15) is 17.6 Å². The van der Waals surface area contributed by atoms with Crippen molar-refractivity contribution in [2.24, 2.45) is 0 Å². The predicted octanol–water partition coefficient (Wildman–Crippen LogP) is 2.84. The number of hydrogen-bond donors (Lipinski definition) is 0. The van der Waals surface area contributed by atoms with Crippen LogP contribution < -0.4 is 4.90 Å². The maximum Gasteiger partial charge on any atom is 0.196 e. The fourth-order valence-electron chi connectivity index (χ4n) is 1.79. The van der Waals surface area contributed by atoms with E-state index in [1.54, 1.807) is 0 Å². The average molecular weight is 219 g/mol. The van der Waals surface area contributed by atoms with Crippen LogP contribution in [-0.2, 0) is 0 Å². The molecule has 15 heavy (non-hydrogen) atoms. The van der Waals surface area contributed by atoms with E-state index in [1.807, 2.05) is 0 Å². The molecule has 0 amide bonds. The monoisotopic (exact) mass is 219 g/mol. The molecule has 1 aliphatic heterocycles. The second-order valence-electron chi connectivity index (χ2n) is 3.51. The summed E-state index contributed by atoms with van der Waals surface area (Å²) in [5.41, 5.74) is -0.452. The molecule has 1 fully saturated rings. The van der Waals surface area contributed by atoms with Crippen molar-refractivity contribution in [3.8, 4) is 0 Å². The summed E-state index contributed by atoms with van der Waals surface area (Å²) < 4.78 is 52.0. The van der Waals surface area contributed by atoms with Gasteiger partial charge in [0.15, 0.2) is 23.3 Å². The van der Waals surface area contributed by atoms with Crippen molar-refractivity contribution < 1.29 is 17.6 Å². The second-order valence-corrected chi connectivity index (χ2v) is 3.51. The van der Waals surface area contributed by atoms with Crippen molar-refractivity contribution in [2.45, 2.75) is 12.8 Å². The number of nitrogens with zero attached hydrogens (tertiary/aromatic N) is 1. The summed E-state index contributed by atoms with van der Waals surface area (Å²) >= 11 is 0. The Labute approximate surface area is 84.3 Å². The molecule has 1 aromatic rings. The first-order valence-corrected chi connectivity index (χ1v) is 4.69. The van der Waals surface area contributed by atoms with E-state index >= 15 is 0 Å². The first-order chi connectivity index (χ1) is 7.11. The van der Waals surface area contributed by atoms with Gasteiger partial charge in [-0.1, -0.05) is 0 Å². The molecule has 1 saturated heterocycles. The third-order valence-corrected chi connectivity index (χ3v) is 2.51. The SMILES string of the molecule is Fc1cc(F)c(N2CCCC2)c(F)c1F. The van der Waals surface area contributed by atoms with Gasteiger partial charge in [0, 0.05) is 19.2 Å². The average Bonchev–Trinajstić information content (AvgIpc) is 2.68. The van der Waals surface area contributed by atoms with Gasteiger partial charge >= 0.3 is 0 Å². The maximum atomic E-state index is 13.3. The van der Waals surface area contributed by atoms with Crippen LogP contribution in [-0.4, -0.2) is 13.1 Å². The molecule has 0 bridgehead atoms. The highest BCUT2D eigenvalue weighted by Gasteiger charge is 2.25. The number of hydrogen-bond acceptors (Lipinski definition) is 1. The van der Waals surface area contributed by atoms with Crippen LogP contribution in [0.3, 0.4) is 0 Å². The molecule has 0 saturated carbocycles. The van der Waals surface area contributed by atoms with Crippen LogP contribution in [0, 0.1) is 23.3 Å². The molecule has 0 spiro atoms. The van der Waals surface area contributed by atoms with Crippen LogP contribution in [0.2, 0.25) is 0 Å².